The van der Waals surface area contributed by atoms with Crippen molar-refractivity contribution in [2.24, 2.45) is 4.99 Å². The molecule has 1 heterocycles. The Hall–Kier alpha value is -3.17. The maximum Gasteiger partial charge on any atom is 0.242 e. The third kappa shape index (κ3) is 5.84. The van der Waals surface area contributed by atoms with Crippen LogP contribution in [0.25, 0.3) is 0 Å². The second kappa shape index (κ2) is 10.8. The molecule has 1 saturated heterocycles. The summed E-state index contributed by atoms with van der Waals surface area (Å²) in [4.78, 5) is 31.3. The van der Waals surface area contributed by atoms with Crippen LogP contribution in [0.5, 0.6) is 11.5 Å². The van der Waals surface area contributed by atoms with E-state index < -0.39 is 11.1 Å². The first-order chi connectivity index (χ1) is 16.4. The van der Waals surface area contributed by atoms with Gasteiger partial charge in [-0.3, -0.25) is 14.5 Å². The molecule has 0 radical (unpaired) electrons. The predicted molar refractivity (Wildman–Crippen MR) is 136 cm³/mol. The molecule has 2 amide bonds. The molecular weight excluding hydrogens is 521 g/mol. The Balaban J connectivity index is 1.42. The average molecular weight is 542 g/mol. The lowest BCUT2D eigenvalue weighted by Gasteiger charge is -2.13. The van der Waals surface area contributed by atoms with Gasteiger partial charge in [0.15, 0.2) is 5.17 Å². The number of carbonyl (C=O) groups is 2. The van der Waals surface area contributed by atoms with Gasteiger partial charge >= 0.3 is 0 Å². The maximum absolute atomic E-state index is 14.2. The summed E-state index contributed by atoms with van der Waals surface area (Å²) in [5, 5.41) is 2.56. The molecule has 1 fully saturated rings. The Morgan fingerprint density at radius 2 is 1.88 bits per heavy atom. The molecule has 1 aliphatic rings. The molecule has 1 aliphatic heterocycles. The van der Waals surface area contributed by atoms with Gasteiger partial charge in [0.2, 0.25) is 11.8 Å². The topological polar surface area (TPSA) is 71.0 Å². The molecule has 0 saturated carbocycles. The zero-order valence-electron chi connectivity index (χ0n) is 18.2. The second-order valence-electron chi connectivity index (χ2n) is 7.37. The van der Waals surface area contributed by atoms with Gasteiger partial charge in [-0.15, -0.1) is 0 Å². The van der Waals surface area contributed by atoms with Crippen molar-refractivity contribution >= 4 is 56.0 Å². The second-order valence-corrected chi connectivity index (χ2v) is 9.46. The summed E-state index contributed by atoms with van der Waals surface area (Å²) in [6, 6.07) is 20.9. The number of hydrogen-bond acceptors (Lipinski definition) is 5. The standard InChI is InChI=1S/C25H21BrFN3O3S/c1-2-30-24(32)22(34-25(30)29-21-12-11-16(26)13-20(21)27)15-23(31)28-17-7-6-10-19(14-17)33-18-8-4-3-5-9-18/h3-14,22H,2,15H2,1H3,(H,28,31). The van der Waals surface area contributed by atoms with Gasteiger partial charge in [0, 0.05) is 29.2 Å². The Morgan fingerprint density at radius 1 is 1.12 bits per heavy atom. The summed E-state index contributed by atoms with van der Waals surface area (Å²) >= 11 is 4.38. The van der Waals surface area contributed by atoms with Crippen LogP contribution in [0.3, 0.4) is 0 Å². The van der Waals surface area contributed by atoms with Gasteiger partial charge in [0.25, 0.3) is 0 Å². The van der Waals surface area contributed by atoms with Crippen LogP contribution < -0.4 is 10.1 Å². The van der Waals surface area contributed by atoms with E-state index in [-0.39, 0.29) is 23.9 Å². The smallest absolute Gasteiger partial charge is 0.242 e. The number of anilines is 1. The summed E-state index contributed by atoms with van der Waals surface area (Å²) in [7, 11) is 0. The van der Waals surface area contributed by atoms with E-state index >= 15 is 0 Å². The van der Waals surface area contributed by atoms with Crippen molar-refractivity contribution in [3.63, 3.8) is 0 Å². The third-order valence-electron chi connectivity index (χ3n) is 4.93. The quantitative estimate of drug-likeness (QED) is 0.377. The Labute approximate surface area is 209 Å². The molecule has 6 nitrogen and oxygen atoms in total. The zero-order chi connectivity index (χ0) is 24.1. The number of rotatable bonds is 7. The van der Waals surface area contributed by atoms with Crippen molar-refractivity contribution in [1.29, 1.82) is 0 Å². The lowest BCUT2D eigenvalue weighted by atomic mass is 10.2. The molecule has 0 spiro atoms. The molecular formula is C25H21BrFN3O3S. The van der Waals surface area contributed by atoms with Crippen LogP contribution in [0.1, 0.15) is 13.3 Å². The van der Waals surface area contributed by atoms with Crippen LogP contribution in [0.2, 0.25) is 0 Å². The van der Waals surface area contributed by atoms with Crippen molar-refractivity contribution in [2.75, 3.05) is 11.9 Å². The number of hydrogen-bond donors (Lipinski definition) is 1. The number of thioether (sulfide) groups is 1. The van der Waals surface area contributed by atoms with E-state index in [1.54, 1.807) is 30.3 Å². The lowest BCUT2D eigenvalue weighted by molar-refractivity contribution is -0.128. The molecule has 0 aromatic heterocycles. The van der Waals surface area contributed by atoms with Gasteiger partial charge < -0.3 is 10.1 Å². The van der Waals surface area contributed by atoms with Crippen LogP contribution in [-0.2, 0) is 9.59 Å². The number of halogens is 2. The van der Waals surface area contributed by atoms with Crippen molar-refractivity contribution in [3.05, 3.63) is 83.1 Å². The number of nitrogens with zero attached hydrogens (tertiary/aromatic N) is 2. The van der Waals surface area contributed by atoms with Gasteiger partial charge in [-0.1, -0.05) is 52.0 Å². The summed E-state index contributed by atoms with van der Waals surface area (Å²) in [5.41, 5.74) is 0.698. The van der Waals surface area contributed by atoms with E-state index in [0.717, 1.165) is 0 Å². The van der Waals surface area contributed by atoms with Crippen LogP contribution in [-0.4, -0.2) is 33.7 Å². The first kappa shape index (κ1) is 24.0. The fourth-order valence-electron chi connectivity index (χ4n) is 3.33. The SMILES string of the molecule is CCN1C(=O)C(CC(=O)Nc2cccc(Oc3ccccc3)c2)SC1=Nc1ccc(Br)cc1F. The number of benzene rings is 3. The maximum atomic E-state index is 14.2. The number of nitrogens with one attached hydrogen (secondary N) is 1. The molecule has 174 valence electrons. The van der Waals surface area contributed by atoms with Gasteiger partial charge in [-0.2, -0.15) is 0 Å². The largest absolute Gasteiger partial charge is 0.457 e. The molecule has 0 bridgehead atoms. The van der Waals surface area contributed by atoms with E-state index in [0.29, 0.717) is 33.4 Å². The van der Waals surface area contributed by atoms with Crippen LogP contribution in [0.15, 0.2) is 82.3 Å². The van der Waals surface area contributed by atoms with E-state index in [4.69, 9.17) is 4.74 Å². The van der Waals surface area contributed by atoms with Crippen LogP contribution in [0.4, 0.5) is 15.8 Å². The van der Waals surface area contributed by atoms with E-state index in [9.17, 15) is 14.0 Å². The van der Waals surface area contributed by atoms with Crippen molar-refractivity contribution < 1.29 is 18.7 Å². The fourth-order valence-corrected chi connectivity index (χ4v) is 4.88. The third-order valence-corrected chi connectivity index (χ3v) is 6.60. The summed E-state index contributed by atoms with van der Waals surface area (Å²) in [5.74, 6) is 0.241. The highest BCUT2D eigenvalue weighted by Gasteiger charge is 2.38. The van der Waals surface area contributed by atoms with Gasteiger partial charge in [-0.05, 0) is 49.4 Å². The number of ether oxygens (including phenoxy) is 1. The minimum absolute atomic E-state index is 0.0361. The predicted octanol–water partition coefficient (Wildman–Crippen LogP) is 6.36. The first-order valence-electron chi connectivity index (χ1n) is 10.6. The molecule has 34 heavy (non-hydrogen) atoms. The van der Waals surface area contributed by atoms with E-state index in [1.165, 1.54) is 28.8 Å². The van der Waals surface area contributed by atoms with Gasteiger partial charge in [0.1, 0.15) is 28.3 Å². The number of para-hydroxylation sites is 1. The molecule has 1 unspecified atom stereocenters. The Kier molecular flexibility index (Phi) is 7.64. The van der Waals surface area contributed by atoms with E-state index in [2.05, 4.69) is 26.2 Å². The molecule has 1 atom stereocenters. The number of aliphatic imine (C=N–C) groups is 1. The van der Waals surface area contributed by atoms with Crippen molar-refractivity contribution in [3.8, 4) is 11.5 Å². The van der Waals surface area contributed by atoms with Gasteiger partial charge in [0.05, 0.1) is 0 Å². The number of amidine groups is 1. The van der Waals surface area contributed by atoms with Crippen LogP contribution in [0, 0.1) is 5.82 Å². The number of carbonyl (C=O) groups excluding carboxylic acids is 2. The minimum atomic E-state index is -0.638. The normalized spacial score (nSPS) is 16.7. The summed E-state index contributed by atoms with van der Waals surface area (Å²) in [6.45, 7) is 2.19. The molecule has 1 N–H and O–H groups in total. The Morgan fingerprint density at radius 3 is 2.62 bits per heavy atom. The lowest BCUT2D eigenvalue weighted by Crippen LogP contribution is -2.33. The monoisotopic (exact) mass is 541 g/mol. The zero-order valence-corrected chi connectivity index (χ0v) is 20.6. The summed E-state index contributed by atoms with van der Waals surface area (Å²) < 4.78 is 20.6. The highest BCUT2D eigenvalue weighted by molar-refractivity contribution is 9.10. The molecule has 4 rings (SSSR count). The van der Waals surface area contributed by atoms with E-state index in [1.807, 2.05) is 37.3 Å². The Bertz CT molecular complexity index is 1240. The molecule has 0 aliphatic carbocycles. The van der Waals surface area contributed by atoms with Gasteiger partial charge in [-0.25, -0.2) is 9.38 Å². The van der Waals surface area contributed by atoms with Crippen molar-refractivity contribution in [2.45, 2.75) is 18.6 Å². The molecule has 9 heteroatoms. The average Bonchev–Trinajstić information content (AvgIpc) is 3.10. The molecule has 3 aromatic rings. The highest BCUT2D eigenvalue weighted by atomic mass is 79.9. The molecule has 3 aromatic carbocycles. The number of amides is 2. The summed E-state index contributed by atoms with van der Waals surface area (Å²) in [6.07, 6.45) is -0.0361. The first-order valence-corrected chi connectivity index (χ1v) is 12.2. The van der Waals surface area contributed by atoms with Crippen LogP contribution >= 0.6 is 27.7 Å². The fraction of sp³-hybridized carbons (Fsp3) is 0.160. The minimum Gasteiger partial charge on any atom is -0.457 e. The highest BCUT2D eigenvalue weighted by Crippen LogP contribution is 2.33. The van der Waals surface area contributed by atoms with Crippen molar-refractivity contribution in [1.82, 2.24) is 4.90 Å².